The Morgan fingerprint density at radius 3 is 2.67 bits per heavy atom. The number of benzene rings is 1. The maximum absolute atomic E-state index is 11.9. The predicted octanol–water partition coefficient (Wildman–Crippen LogP) is 3.26. The first-order valence-corrected chi connectivity index (χ1v) is 7.05. The van der Waals surface area contributed by atoms with Crippen LogP contribution in [0.4, 0.5) is 10.5 Å². The van der Waals surface area contributed by atoms with Crippen LogP contribution >= 0.6 is 11.3 Å². The molecule has 0 radical (unpaired) electrons. The number of carbonyl (C=O) groups is 2. The van der Waals surface area contributed by atoms with Crippen molar-refractivity contribution in [2.45, 2.75) is 6.92 Å². The van der Waals surface area contributed by atoms with Gasteiger partial charge in [-0.1, -0.05) is 0 Å². The third-order valence-corrected chi connectivity index (χ3v) is 3.90. The average Bonchev–Trinajstić information content (AvgIpc) is 2.84. The number of ether oxygens (including phenoxy) is 3. The normalized spacial score (nSPS) is 10.2. The molecule has 0 unspecified atom stereocenters. The molecular formula is C14H15NO5S. The Bertz CT molecular complexity index is 679. The van der Waals surface area contributed by atoms with E-state index in [9.17, 15) is 9.59 Å². The fourth-order valence-electron chi connectivity index (χ4n) is 1.83. The molecule has 6 nitrogen and oxygen atoms in total. The van der Waals surface area contributed by atoms with Crippen LogP contribution in [0.15, 0.2) is 18.2 Å². The third kappa shape index (κ3) is 3.08. The molecule has 7 heteroatoms. The van der Waals surface area contributed by atoms with Crippen LogP contribution in [0.2, 0.25) is 0 Å². The van der Waals surface area contributed by atoms with Crippen LogP contribution in [0.25, 0.3) is 10.1 Å². The second-order valence-corrected chi connectivity index (χ2v) is 5.06. The minimum absolute atomic E-state index is 0.245. The molecule has 2 rings (SSSR count). The number of carbonyl (C=O) groups excluding carboxylic acids is 2. The van der Waals surface area contributed by atoms with Gasteiger partial charge in [0.1, 0.15) is 10.6 Å². The van der Waals surface area contributed by atoms with Crippen LogP contribution < -0.4 is 10.1 Å². The van der Waals surface area contributed by atoms with Gasteiger partial charge in [0.05, 0.1) is 26.5 Å². The van der Waals surface area contributed by atoms with Crippen molar-refractivity contribution in [1.29, 1.82) is 0 Å². The van der Waals surface area contributed by atoms with Crippen molar-refractivity contribution in [2.75, 3.05) is 26.1 Å². The summed E-state index contributed by atoms with van der Waals surface area (Å²) in [5.74, 6) is 0.157. The summed E-state index contributed by atoms with van der Waals surface area (Å²) in [6, 6.07) is 5.33. The second kappa shape index (κ2) is 6.45. The molecule has 21 heavy (non-hydrogen) atoms. The number of hydrogen-bond acceptors (Lipinski definition) is 6. The molecule has 0 saturated carbocycles. The zero-order valence-electron chi connectivity index (χ0n) is 11.9. The van der Waals surface area contributed by atoms with Gasteiger partial charge in [0.25, 0.3) is 0 Å². The van der Waals surface area contributed by atoms with Gasteiger partial charge in [0.2, 0.25) is 0 Å². The smallest absolute Gasteiger partial charge is 0.411 e. The SMILES string of the molecule is CCOC(=O)Nc1c(C(=O)OC)sc2cc(OC)ccc12. The minimum atomic E-state index is -0.613. The van der Waals surface area contributed by atoms with Gasteiger partial charge in [-0.3, -0.25) is 5.32 Å². The fourth-order valence-corrected chi connectivity index (χ4v) is 2.94. The molecule has 0 aliphatic carbocycles. The number of anilines is 1. The average molecular weight is 309 g/mol. The van der Waals surface area contributed by atoms with Crippen LogP contribution in [0, 0.1) is 0 Å². The van der Waals surface area contributed by atoms with E-state index in [1.807, 2.05) is 0 Å². The molecule has 0 bridgehead atoms. The van der Waals surface area contributed by atoms with Crippen LogP contribution in [0.1, 0.15) is 16.6 Å². The van der Waals surface area contributed by atoms with Crippen LogP contribution in [-0.2, 0) is 9.47 Å². The van der Waals surface area contributed by atoms with E-state index in [4.69, 9.17) is 14.2 Å². The summed E-state index contributed by atoms with van der Waals surface area (Å²) in [6.45, 7) is 1.95. The van der Waals surface area contributed by atoms with E-state index in [0.717, 1.165) is 10.1 Å². The van der Waals surface area contributed by atoms with E-state index in [-0.39, 0.29) is 6.61 Å². The number of thiophene rings is 1. The molecule has 1 aromatic carbocycles. The van der Waals surface area contributed by atoms with Crippen molar-refractivity contribution < 1.29 is 23.8 Å². The lowest BCUT2D eigenvalue weighted by Crippen LogP contribution is -2.15. The number of rotatable bonds is 4. The number of fused-ring (bicyclic) bond motifs is 1. The van der Waals surface area contributed by atoms with Crippen molar-refractivity contribution in [2.24, 2.45) is 0 Å². The van der Waals surface area contributed by atoms with Crippen molar-refractivity contribution in [1.82, 2.24) is 0 Å². The highest BCUT2D eigenvalue weighted by atomic mass is 32.1. The summed E-state index contributed by atoms with van der Waals surface area (Å²) in [5.41, 5.74) is 0.392. The zero-order valence-corrected chi connectivity index (χ0v) is 12.7. The topological polar surface area (TPSA) is 73.9 Å². The van der Waals surface area contributed by atoms with Gasteiger partial charge in [-0.2, -0.15) is 0 Å². The summed E-state index contributed by atoms with van der Waals surface area (Å²) >= 11 is 1.22. The summed E-state index contributed by atoms with van der Waals surface area (Å²) in [5, 5.41) is 3.33. The van der Waals surface area contributed by atoms with Gasteiger partial charge in [-0.25, -0.2) is 9.59 Å². The lowest BCUT2D eigenvalue weighted by Gasteiger charge is -2.06. The maximum atomic E-state index is 11.9. The Kier molecular flexibility index (Phi) is 4.64. The highest BCUT2D eigenvalue weighted by Gasteiger charge is 2.21. The molecular weight excluding hydrogens is 294 g/mol. The fraction of sp³-hybridized carbons (Fsp3) is 0.286. The first-order chi connectivity index (χ1) is 10.1. The Morgan fingerprint density at radius 2 is 2.05 bits per heavy atom. The highest BCUT2D eigenvalue weighted by Crippen LogP contribution is 2.38. The standard InChI is InChI=1S/C14H15NO5S/c1-4-20-14(17)15-11-9-6-5-8(18-2)7-10(9)21-12(11)13(16)19-3/h5-7H,4H2,1-3H3,(H,15,17). The number of esters is 1. The summed E-state index contributed by atoms with van der Waals surface area (Å²) < 4.78 is 15.6. The van der Waals surface area contributed by atoms with Gasteiger partial charge < -0.3 is 14.2 Å². The molecule has 112 valence electrons. The van der Waals surface area contributed by atoms with Gasteiger partial charge >= 0.3 is 12.1 Å². The molecule has 2 aromatic rings. The summed E-state index contributed by atoms with van der Waals surface area (Å²) in [4.78, 5) is 23.8. The maximum Gasteiger partial charge on any atom is 0.411 e. The van der Waals surface area contributed by atoms with Crippen LogP contribution in [0.3, 0.4) is 0 Å². The highest BCUT2D eigenvalue weighted by molar-refractivity contribution is 7.21. The molecule has 0 atom stereocenters. The van der Waals surface area contributed by atoms with E-state index >= 15 is 0 Å². The van der Waals surface area contributed by atoms with E-state index in [1.54, 1.807) is 32.2 Å². The van der Waals surface area contributed by atoms with E-state index in [2.05, 4.69) is 5.32 Å². The van der Waals surface area contributed by atoms with E-state index < -0.39 is 12.1 Å². The molecule has 0 fully saturated rings. The molecule has 0 aliphatic rings. The van der Waals surface area contributed by atoms with Crippen molar-refractivity contribution >= 4 is 39.2 Å². The Morgan fingerprint density at radius 1 is 1.29 bits per heavy atom. The largest absolute Gasteiger partial charge is 0.497 e. The monoisotopic (exact) mass is 309 g/mol. The lowest BCUT2D eigenvalue weighted by atomic mass is 10.2. The quantitative estimate of drug-likeness (QED) is 0.877. The minimum Gasteiger partial charge on any atom is -0.497 e. The van der Waals surface area contributed by atoms with Gasteiger partial charge in [0.15, 0.2) is 0 Å². The van der Waals surface area contributed by atoms with E-state index in [1.165, 1.54) is 18.4 Å². The summed E-state index contributed by atoms with van der Waals surface area (Å²) in [7, 11) is 2.86. The second-order valence-electron chi connectivity index (χ2n) is 4.01. The molecule has 1 amide bonds. The number of methoxy groups -OCH3 is 2. The molecule has 0 saturated heterocycles. The van der Waals surface area contributed by atoms with Gasteiger partial charge in [-0.05, 0) is 25.1 Å². The predicted molar refractivity (Wildman–Crippen MR) is 80.4 cm³/mol. The number of hydrogen-bond donors (Lipinski definition) is 1. The van der Waals surface area contributed by atoms with Crippen molar-refractivity contribution in [3.63, 3.8) is 0 Å². The molecule has 1 N–H and O–H groups in total. The third-order valence-electron chi connectivity index (χ3n) is 2.77. The zero-order chi connectivity index (χ0) is 15.4. The first-order valence-electron chi connectivity index (χ1n) is 6.23. The molecule has 1 aromatic heterocycles. The van der Waals surface area contributed by atoms with Gasteiger partial charge in [0, 0.05) is 10.1 Å². The van der Waals surface area contributed by atoms with Crippen LogP contribution in [-0.4, -0.2) is 32.9 Å². The Balaban J connectivity index is 2.52. The first kappa shape index (κ1) is 15.1. The van der Waals surface area contributed by atoms with Crippen molar-refractivity contribution in [3.05, 3.63) is 23.1 Å². The van der Waals surface area contributed by atoms with Crippen molar-refractivity contribution in [3.8, 4) is 5.75 Å². The molecule has 0 spiro atoms. The van der Waals surface area contributed by atoms with Gasteiger partial charge in [-0.15, -0.1) is 11.3 Å². The Labute approximate surface area is 125 Å². The number of nitrogens with one attached hydrogen (secondary N) is 1. The number of amides is 1. The van der Waals surface area contributed by atoms with Crippen LogP contribution in [0.5, 0.6) is 5.75 Å². The summed E-state index contributed by atoms with van der Waals surface area (Å²) in [6.07, 6.45) is -0.613. The van der Waals surface area contributed by atoms with E-state index in [0.29, 0.717) is 16.3 Å². The lowest BCUT2D eigenvalue weighted by molar-refractivity contribution is 0.0607. The molecule has 1 heterocycles. The Hall–Kier alpha value is -2.28. The molecule has 0 aliphatic heterocycles.